The molecule has 0 spiro atoms. The topological polar surface area (TPSA) is 92.2 Å². The van der Waals surface area contributed by atoms with Gasteiger partial charge in [0.05, 0.1) is 24.9 Å². The molecule has 1 saturated heterocycles. The van der Waals surface area contributed by atoms with Crippen molar-refractivity contribution in [2.45, 2.75) is 13.0 Å². The van der Waals surface area contributed by atoms with E-state index in [1.807, 2.05) is 10.9 Å². The number of hydrogen-bond donors (Lipinski definition) is 1. The number of aromatic nitrogens is 5. The Morgan fingerprint density at radius 1 is 1.27 bits per heavy atom. The fraction of sp³-hybridized carbons (Fsp3) is 0.304. The number of aryl methyl sites for hydroxylation is 1. The van der Waals surface area contributed by atoms with Crippen LogP contribution in [0, 0.1) is 12.7 Å². The molecule has 4 aromatic rings. The van der Waals surface area contributed by atoms with Gasteiger partial charge in [-0.15, -0.1) is 0 Å². The van der Waals surface area contributed by atoms with Gasteiger partial charge in [-0.2, -0.15) is 10.2 Å². The number of pyridine rings is 1. The van der Waals surface area contributed by atoms with Gasteiger partial charge < -0.3 is 14.5 Å². The Kier molecular flexibility index (Phi) is 4.99. The summed E-state index contributed by atoms with van der Waals surface area (Å²) in [5.74, 6) is 0.125. The van der Waals surface area contributed by atoms with Crippen molar-refractivity contribution in [3.05, 3.63) is 48.0 Å². The average molecular weight is 449 g/mol. The van der Waals surface area contributed by atoms with E-state index in [2.05, 4.69) is 15.3 Å². The van der Waals surface area contributed by atoms with Crippen molar-refractivity contribution < 1.29 is 13.9 Å². The lowest BCUT2D eigenvalue weighted by Gasteiger charge is -2.40. The quantitative estimate of drug-likeness (QED) is 0.515. The molecular formula is C23H24FN7O2. The summed E-state index contributed by atoms with van der Waals surface area (Å²) >= 11 is 0. The molecule has 9 nitrogen and oxygen atoms in total. The third-order valence-corrected chi connectivity index (χ3v) is 5.93. The minimum absolute atomic E-state index is 0.00835. The largest absolute Gasteiger partial charge is 0.494 e. The summed E-state index contributed by atoms with van der Waals surface area (Å²) in [6, 6.07) is 7.08. The first kappa shape index (κ1) is 20.9. The molecule has 1 aliphatic heterocycles. The van der Waals surface area contributed by atoms with Gasteiger partial charge in [0.2, 0.25) is 0 Å². The van der Waals surface area contributed by atoms with Crippen LogP contribution >= 0.6 is 0 Å². The van der Waals surface area contributed by atoms with Crippen molar-refractivity contribution in [2.75, 3.05) is 34.3 Å². The number of amides is 2. The van der Waals surface area contributed by atoms with Crippen LogP contribution in [-0.2, 0) is 0 Å². The molecule has 0 radical (unpaired) electrons. The van der Waals surface area contributed by atoms with Crippen LogP contribution in [0.3, 0.4) is 0 Å². The van der Waals surface area contributed by atoms with Crippen molar-refractivity contribution in [1.82, 2.24) is 34.8 Å². The molecule has 4 heterocycles. The van der Waals surface area contributed by atoms with E-state index in [0.29, 0.717) is 52.4 Å². The van der Waals surface area contributed by atoms with E-state index in [-0.39, 0.29) is 17.9 Å². The number of benzene rings is 1. The van der Waals surface area contributed by atoms with Gasteiger partial charge in [0.15, 0.2) is 0 Å². The minimum Gasteiger partial charge on any atom is -0.494 e. The Morgan fingerprint density at radius 3 is 2.79 bits per heavy atom. The monoisotopic (exact) mass is 449 g/mol. The third-order valence-electron chi connectivity index (χ3n) is 5.93. The number of H-pyrrole nitrogens is 1. The number of likely N-dealkylation sites (tertiary alicyclic amines) is 1. The van der Waals surface area contributed by atoms with E-state index in [9.17, 15) is 9.18 Å². The molecule has 0 unspecified atom stereocenters. The number of nitrogens with one attached hydrogen (secondary N) is 1. The van der Waals surface area contributed by atoms with Crippen LogP contribution < -0.4 is 4.74 Å². The Balaban J connectivity index is 1.49. The van der Waals surface area contributed by atoms with Gasteiger partial charge in [-0.1, -0.05) is 12.1 Å². The Morgan fingerprint density at radius 2 is 2.06 bits per heavy atom. The number of rotatable bonds is 4. The number of aromatic amines is 1. The average Bonchev–Trinajstić information content (AvgIpc) is 3.40. The summed E-state index contributed by atoms with van der Waals surface area (Å²) in [7, 11) is 5.01. The summed E-state index contributed by atoms with van der Waals surface area (Å²) < 4.78 is 22.2. The summed E-state index contributed by atoms with van der Waals surface area (Å²) in [5, 5.41) is 11.9. The van der Waals surface area contributed by atoms with Crippen LogP contribution in [0.5, 0.6) is 5.75 Å². The zero-order chi connectivity index (χ0) is 23.3. The first-order valence-electron chi connectivity index (χ1n) is 10.6. The minimum atomic E-state index is -0.331. The fourth-order valence-corrected chi connectivity index (χ4v) is 4.03. The number of halogens is 1. The number of nitrogens with zero attached hydrogens (tertiary/aromatic N) is 6. The van der Waals surface area contributed by atoms with Crippen LogP contribution in [-0.4, -0.2) is 75.1 Å². The molecule has 1 N–H and O–H groups in total. The zero-order valence-corrected chi connectivity index (χ0v) is 18.8. The first-order valence-corrected chi connectivity index (χ1v) is 10.6. The molecule has 0 bridgehead atoms. The molecule has 5 rings (SSSR count). The summed E-state index contributed by atoms with van der Waals surface area (Å²) in [5.41, 5.74) is 4.00. The van der Waals surface area contributed by atoms with Gasteiger partial charge in [-0.25, -0.2) is 14.2 Å². The molecule has 10 heteroatoms. The Labute approximate surface area is 189 Å². The smallest absolute Gasteiger partial charge is 0.319 e. The van der Waals surface area contributed by atoms with Crippen molar-refractivity contribution >= 4 is 17.1 Å². The molecule has 1 aliphatic rings. The maximum Gasteiger partial charge on any atom is 0.319 e. The Bertz CT molecular complexity index is 1350. The SMILES string of the molecule is COc1cc2[nH]nc(-c3cnn(C4CN(C(=O)N(C)C)C4)c3)c2nc1-c1cccc(C)c1F. The standard InChI is InChI=1S/C23H24FN7O2/c1-13-6-5-7-16(19(13)24)21-18(33-4)8-17-22(26-21)20(28-27-17)14-9-25-31(10-14)15-11-30(12-15)23(32)29(2)3/h5-10,15H,11-12H2,1-4H3,(H,27,28). The van der Waals surface area contributed by atoms with Crippen molar-refractivity contribution in [1.29, 1.82) is 0 Å². The molecule has 0 aliphatic carbocycles. The lowest BCUT2D eigenvalue weighted by molar-refractivity contribution is 0.100. The number of methoxy groups -OCH3 is 1. The second-order valence-electron chi connectivity index (χ2n) is 8.39. The maximum atomic E-state index is 14.9. The first-order chi connectivity index (χ1) is 15.9. The normalized spacial score (nSPS) is 13.9. The highest BCUT2D eigenvalue weighted by Gasteiger charge is 2.33. The molecular weight excluding hydrogens is 425 g/mol. The highest BCUT2D eigenvalue weighted by Crippen LogP contribution is 2.36. The van der Waals surface area contributed by atoms with E-state index >= 15 is 0 Å². The third kappa shape index (κ3) is 3.47. The predicted molar refractivity (Wildman–Crippen MR) is 121 cm³/mol. The highest BCUT2D eigenvalue weighted by atomic mass is 19.1. The second-order valence-corrected chi connectivity index (χ2v) is 8.39. The van der Waals surface area contributed by atoms with Gasteiger partial charge in [-0.3, -0.25) is 9.78 Å². The zero-order valence-electron chi connectivity index (χ0n) is 18.8. The van der Waals surface area contributed by atoms with Crippen LogP contribution in [0.2, 0.25) is 0 Å². The van der Waals surface area contributed by atoms with Crippen molar-refractivity contribution in [3.8, 4) is 28.3 Å². The summed E-state index contributed by atoms with van der Waals surface area (Å²) in [4.78, 5) is 20.1. The van der Waals surface area contributed by atoms with Crippen LogP contribution in [0.4, 0.5) is 9.18 Å². The number of carbonyl (C=O) groups excluding carboxylic acids is 1. The number of fused-ring (bicyclic) bond motifs is 1. The molecule has 170 valence electrons. The van der Waals surface area contributed by atoms with E-state index in [0.717, 1.165) is 5.56 Å². The van der Waals surface area contributed by atoms with E-state index in [4.69, 9.17) is 9.72 Å². The highest BCUT2D eigenvalue weighted by molar-refractivity contribution is 5.92. The van der Waals surface area contributed by atoms with Crippen LogP contribution in [0.15, 0.2) is 36.7 Å². The second kappa shape index (κ2) is 7.88. The van der Waals surface area contributed by atoms with E-state index in [1.165, 1.54) is 7.11 Å². The molecule has 1 aromatic carbocycles. The van der Waals surface area contributed by atoms with Gasteiger partial charge in [-0.05, 0) is 18.6 Å². The summed E-state index contributed by atoms with van der Waals surface area (Å²) in [6.45, 7) is 2.92. The number of carbonyl (C=O) groups is 1. The van der Waals surface area contributed by atoms with Gasteiger partial charge >= 0.3 is 6.03 Å². The fourth-order valence-electron chi connectivity index (χ4n) is 4.03. The Hall–Kier alpha value is -3.95. The molecule has 1 fully saturated rings. The molecule has 2 amide bonds. The number of ether oxygens (including phenoxy) is 1. The van der Waals surface area contributed by atoms with E-state index in [1.54, 1.807) is 61.3 Å². The van der Waals surface area contributed by atoms with Crippen LogP contribution in [0.1, 0.15) is 11.6 Å². The molecule has 33 heavy (non-hydrogen) atoms. The molecule has 3 aromatic heterocycles. The lowest BCUT2D eigenvalue weighted by atomic mass is 10.1. The predicted octanol–water partition coefficient (Wildman–Crippen LogP) is 3.48. The van der Waals surface area contributed by atoms with Crippen molar-refractivity contribution in [2.24, 2.45) is 0 Å². The molecule has 0 saturated carbocycles. The summed E-state index contributed by atoms with van der Waals surface area (Å²) in [6.07, 6.45) is 3.63. The number of hydrogen-bond acceptors (Lipinski definition) is 5. The maximum absolute atomic E-state index is 14.9. The van der Waals surface area contributed by atoms with Gasteiger partial charge in [0, 0.05) is 50.6 Å². The van der Waals surface area contributed by atoms with E-state index < -0.39 is 0 Å². The van der Waals surface area contributed by atoms with Crippen LogP contribution in [0.25, 0.3) is 33.5 Å². The van der Waals surface area contributed by atoms with Gasteiger partial charge in [0.1, 0.15) is 28.5 Å². The lowest BCUT2D eigenvalue weighted by Crippen LogP contribution is -2.53. The molecule has 0 atom stereocenters. The van der Waals surface area contributed by atoms with Gasteiger partial charge in [0.25, 0.3) is 0 Å². The number of urea groups is 1. The van der Waals surface area contributed by atoms with Crippen molar-refractivity contribution in [3.63, 3.8) is 0 Å².